The molecule has 0 bridgehead atoms. The normalized spacial score (nSPS) is 10.8. The zero-order valence-corrected chi connectivity index (χ0v) is 8.10. The fourth-order valence-corrected chi connectivity index (χ4v) is 1.52. The monoisotopic (exact) mass is 184 g/mol. The lowest BCUT2D eigenvalue weighted by Gasteiger charge is -2.11. The van der Waals surface area contributed by atoms with Gasteiger partial charge in [0.05, 0.1) is 6.61 Å². The largest absolute Gasteiger partial charge is 0.392 e. The number of aliphatic hydroxyl groups excluding tert-OH is 1. The molecule has 2 heteroatoms. The standard InChI is InChI=1S/C10H13ClO/c1-7(2)8-4-3-5-10(11)9(8)6-12/h3-5,7,12H,6H2,1-2H3. The van der Waals surface area contributed by atoms with Crippen molar-refractivity contribution in [2.45, 2.75) is 26.4 Å². The van der Waals surface area contributed by atoms with Crippen molar-refractivity contribution in [2.75, 3.05) is 0 Å². The molecule has 1 aromatic rings. The van der Waals surface area contributed by atoms with Crippen molar-refractivity contribution in [1.82, 2.24) is 0 Å². The predicted octanol–water partition coefficient (Wildman–Crippen LogP) is 2.96. The van der Waals surface area contributed by atoms with Crippen molar-refractivity contribution in [2.24, 2.45) is 0 Å². The summed E-state index contributed by atoms with van der Waals surface area (Å²) >= 11 is 5.91. The molecule has 0 saturated carbocycles. The van der Waals surface area contributed by atoms with E-state index in [0.717, 1.165) is 11.1 Å². The molecule has 1 rings (SSSR count). The highest BCUT2D eigenvalue weighted by molar-refractivity contribution is 6.31. The van der Waals surface area contributed by atoms with E-state index in [9.17, 15) is 0 Å². The zero-order chi connectivity index (χ0) is 9.14. The smallest absolute Gasteiger partial charge is 0.0699 e. The molecule has 0 spiro atoms. The minimum atomic E-state index is 0.0210. The van der Waals surface area contributed by atoms with Gasteiger partial charge in [-0.05, 0) is 23.1 Å². The fraction of sp³-hybridized carbons (Fsp3) is 0.400. The topological polar surface area (TPSA) is 20.2 Å². The van der Waals surface area contributed by atoms with Crippen LogP contribution in [0.4, 0.5) is 0 Å². The van der Waals surface area contributed by atoms with Crippen molar-refractivity contribution < 1.29 is 5.11 Å². The molecule has 1 N–H and O–H groups in total. The Bertz CT molecular complexity index is 269. The summed E-state index contributed by atoms with van der Waals surface area (Å²) in [4.78, 5) is 0. The van der Waals surface area contributed by atoms with E-state index in [1.54, 1.807) is 6.07 Å². The van der Waals surface area contributed by atoms with Crippen molar-refractivity contribution >= 4 is 11.6 Å². The minimum absolute atomic E-state index is 0.0210. The molecule has 0 amide bonds. The number of hydrogen-bond acceptors (Lipinski definition) is 1. The van der Waals surface area contributed by atoms with Crippen LogP contribution in [0.5, 0.6) is 0 Å². The molecule has 0 unspecified atom stereocenters. The molecule has 0 aliphatic carbocycles. The second-order valence-corrected chi connectivity index (χ2v) is 3.53. The maximum Gasteiger partial charge on any atom is 0.0699 e. The van der Waals surface area contributed by atoms with Crippen molar-refractivity contribution in [1.29, 1.82) is 0 Å². The lowest BCUT2D eigenvalue weighted by molar-refractivity contribution is 0.280. The molecule has 0 heterocycles. The van der Waals surface area contributed by atoms with Gasteiger partial charge in [0.15, 0.2) is 0 Å². The maximum absolute atomic E-state index is 9.06. The average molecular weight is 185 g/mol. The molecule has 0 radical (unpaired) electrons. The number of benzene rings is 1. The first-order valence-electron chi connectivity index (χ1n) is 4.05. The number of aliphatic hydroxyl groups is 1. The Morgan fingerprint density at radius 3 is 2.50 bits per heavy atom. The first-order valence-corrected chi connectivity index (χ1v) is 4.42. The summed E-state index contributed by atoms with van der Waals surface area (Å²) in [6.07, 6.45) is 0. The minimum Gasteiger partial charge on any atom is -0.392 e. The van der Waals surface area contributed by atoms with Crippen LogP contribution in [0, 0.1) is 0 Å². The second kappa shape index (κ2) is 3.92. The van der Waals surface area contributed by atoms with E-state index in [2.05, 4.69) is 13.8 Å². The van der Waals surface area contributed by atoms with Gasteiger partial charge in [0.2, 0.25) is 0 Å². The zero-order valence-electron chi connectivity index (χ0n) is 7.34. The van der Waals surface area contributed by atoms with E-state index in [4.69, 9.17) is 16.7 Å². The van der Waals surface area contributed by atoms with Crippen LogP contribution in [-0.4, -0.2) is 5.11 Å². The first-order chi connectivity index (χ1) is 5.66. The highest BCUT2D eigenvalue weighted by Crippen LogP contribution is 2.25. The van der Waals surface area contributed by atoms with Gasteiger partial charge in [-0.25, -0.2) is 0 Å². The van der Waals surface area contributed by atoms with Gasteiger partial charge in [-0.1, -0.05) is 37.6 Å². The summed E-state index contributed by atoms with van der Waals surface area (Å²) in [5, 5.41) is 9.72. The molecule has 0 aliphatic heterocycles. The van der Waals surface area contributed by atoms with Gasteiger partial charge in [-0.2, -0.15) is 0 Å². The fourth-order valence-electron chi connectivity index (χ4n) is 1.28. The number of halogens is 1. The van der Waals surface area contributed by atoms with Crippen LogP contribution in [0.25, 0.3) is 0 Å². The lowest BCUT2D eigenvalue weighted by Crippen LogP contribution is -1.96. The molecule has 0 saturated heterocycles. The van der Waals surface area contributed by atoms with Gasteiger partial charge >= 0.3 is 0 Å². The molecule has 12 heavy (non-hydrogen) atoms. The number of rotatable bonds is 2. The van der Waals surface area contributed by atoms with E-state index >= 15 is 0 Å². The van der Waals surface area contributed by atoms with Crippen LogP contribution in [0.2, 0.25) is 5.02 Å². The Labute approximate surface area is 78.0 Å². The third-order valence-corrected chi connectivity index (χ3v) is 2.29. The molecule has 0 atom stereocenters. The molecular formula is C10H13ClO. The molecule has 0 aromatic heterocycles. The molecular weight excluding hydrogens is 172 g/mol. The third-order valence-electron chi connectivity index (χ3n) is 1.94. The first kappa shape index (κ1) is 9.56. The maximum atomic E-state index is 9.06. The Balaban J connectivity index is 3.18. The molecule has 0 aliphatic rings. The van der Waals surface area contributed by atoms with Crippen LogP contribution < -0.4 is 0 Å². The summed E-state index contributed by atoms with van der Waals surface area (Å²) in [6.45, 7) is 4.20. The van der Waals surface area contributed by atoms with Gasteiger partial charge < -0.3 is 5.11 Å². The molecule has 1 nitrogen and oxygen atoms in total. The molecule has 66 valence electrons. The van der Waals surface area contributed by atoms with Crippen LogP contribution in [0.15, 0.2) is 18.2 Å². The Morgan fingerprint density at radius 1 is 1.42 bits per heavy atom. The average Bonchev–Trinajstić information content (AvgIpc) is 2.03. The highest BCUT2D eigenvalue weighted by Gasteiger charge is 2.07. The highest BCUT2D eigenvalue weighted by atomic mass is 35.5. The van der Waals surface area contributed by atoms with E-state index in [1.807, 2.05) is 12.1 Å². The van der Waals surface area contributed by atoms with Crippen LogP contribution in [0.1, 0.15) is 30.9 Å². The van der Waals surface area contributed by atoms with Gasteiger partial charge in [0, 0.05) is 5.02 Å². The van der Waals surface area contributed by atoms with Crippen LogP contribution >= 0.6 is 11.6 Å². The van der Waals surface area contributed by atoms with Gasteiger partial charge in [0.25, 0.3) is 0 Å². The summed E-state index contributed by atoms with van der Waals surface area (Å²) in [7, 11) is 0. The van der Waals surface area contributed by atoms with Crippen molar-refractivity contribution in [3.63, 3.8) is 0 Å². The van der Waals surface area contributed by atoms with Gasteiger partial charge in [0.1, 0.15) is 0 Å². The lowest BCUT2D eigenvalue weighted by atomic mass is 9.98. The summed E-state index contributed by atoms with van der Waals surface area (Å²) in [6, 6.07) is 5.72. The molecule has 0 fully saturated rings. The van der Waals surface area contributed by atoms with E-state index in [0.29, 0.717) is 10.9 Å². The van der Waals surface area contributed by atoms with E-state index in [1.165, 1.54) is 0 Å². The Morgan fingerprint density at radius 2 is 2.08 bits per heavy atom. The second-order valence-electron chi connectivity index (χ2n) is 3.12. The van der Waals surface area contributed by atoms with E-state index in [-0.39, 0.29) is 6.61 Å². The number of hydrogen-bond donors (Lipinski definition) is 1. The third kappa shape index (κ3) is 1.79. The Hall–Kier alpha value is -0.530. The Kier molecular flexibility index (Phi) is 3.12. The quantitative estimate of drug-likeness (QED) is 0.750. The van der Waals surface area contributed by atoms with E-state index < -0.39 is 0 Å². The SMILES string of the molecule is CC(C)c1cccc(Cl)c1CO. The predicted molar refractivity (Wildman–Crippen MR) is 51.5 cm³/mol. The van der Waals surface area contributed by atoms with Gasteiger partial charge in [-0.3, -0.25) is 0 Å². The van der Waals surface area contributed by atoms with Gasteiger partial charge in [-0.15, -0.1) is 0 Å². The van der Waals surface area contributed by atoms with Crippen LogP contribution in [-0.2, 0) is 6.61 Å². The van der Waals surface area contributed by atoms with Crippen LogP contribution in [0.3, 0.4) is 0 Å². The summed E-state index contributed by atoms with van der Waals surface area (Å²) < 4.78 is 0. The summed E-state index contributed by atoms with van der Waals surface area (Å²) in [5.41, 5.74) is 1.99. The van der Waals surface area contributed by atoms with Crippen molar-refractivity contribution in [3.05, 3.63) is 34.3 Å². The van der Waals surface area contributed by atoms with Crippen molar-refractivity contribution in [3.8, 4) is 0 Å². The molecule has 1 aromatic carbocycles. The summed E-state index contributed by atoms with van der Waals surface area (Å²) in [5.74, 6) is 0.408.